The van der Waals surface area contributed by atoms with Crippen LogP contribution >= 0.6 is 15.9 Å². The van der Waals surface area contributed by atoms with Crippen LogP contribution in [0.2, 0.25) is 0 Å². The predicted molar refractivity (Wildman–Crippen MR) is 107 cm³/mol. The molecule has 2 aromatic rings. The van der Waals surface area contributed by atoms with E-state index in [4.69, 9.17) is 11.2 Å². The Morgan fingerprint density at radius 2 is 2.04 bits per heavy atom. The maximum Gasteiger partial charge on any atom is 0.266 e. The minimum atomic E-state index is -0.487. The molecule has 1 N–H and O–H groups in total. The fourth-order valence-electron chi connectivity index (χ4n) is 2.20. The van der Waals surface area contributed by atoms with Gasteiger partial charge in [0.1, 0.15) is 24.0 Å². The molecule has 0 radical (unpaired) electrons. The number of carbonyl (C=O) groups excluding carboxylic acids is 1. The molecule has 1 amide bonds. The maximum atomic E-state index is 12.5. The zero-order valence-electron chi connectivity index (χ0n) is 14.5. The molecular formula is C21H17BrN2O2. The summed E-state index contributed by atoms with van der Waals surface area (Å²) in [5.41, 5.74) is 3.37. The van der Waals surface area contributed by atoms with Crippen LogP contribution < -0.4 is 10.1 Å². The third-order valence-corrected chi connectivity index (χ3v) is 4.21. The number of nitrogens with one attached hydrogen (secondary N) is 1. The number of nitriles is 1. The molecule has 2 rings (SSSR count). The molecule has 0 bridgehead atoms. The number of hydrogen-bond donors (Lipinski definition) is 1. The summed E-state index contributed by atoms with van der Waals surface area (Å²) in [7, 11) is 0. The lowest BCUT2D eigenvalue weighted by atomic mass is 10.1. The number of anilines is 1. The zero-order valence-corrected chi connectivity index (χ0v) is 16.1. The van der Waals surface area contributed by atoms with E-state index >= 15 is 0 Å². The van der Waals surface area contributed by atoms with Crippen molar-refractivity contribution in [2.24, 2.45) is 0 Å². The summed E-state index contributed by atoms with van der Waals surface area (Å²) >= 11 is 3.37. The van der Waals surface area contributed by atoms with Gasteiger partial charge in [0, 0.05) is 15.7 Å². The molecule has 5 heteroatoms. The number of halogens is 1. The maximum absolute atomic E-state index is 12.5. The average molecular weight is 409 g/mol. The molecule has 26 heavy (non-hydrogen) atoms. The summed E-state index contributed by atoms with van der Waals surface area (Å²) < 4.78 is 6.27. The van der Waals surface area contributed by atoms with Gasteiger partial charge in [0.15, 0.2) is 0 Å². The normalized spacial score (nSPS) is 10.6. The Hall–Kier alpha value is -3.02. The zero-order chi connectivity index (χ0) is 19.1. The Morgan fingerprint density at radius 1 is 1.27 bits per heavy atom. The largest absolute Gasteiger partial charge is 0.480 e. The number of nitrogens with zero attached hydrogens (tertiary/aromatic N) is 1. The number of aryl methyl sites for hydroxylation is 2. The SMILES string of the molecule is C#CCOc1ccc(Br)cc1/C=C(\C#N)C(=O)Nc1ccc(C)c(C)c1. The highest BCUT2D eigenvalue weighted by Crippen LogP contribution is 2.26. The fraction of sp³-hybridized carbons (Fsp3) is 0.143. The highest BCUT2D eigenvalue weighted by atomic mass is 79.9. The summed E-state index contributed by atoms with van der Waals surface area (Å²) in [5, 5.41) is 12.2. The summed E-state index contributed by atoms with van der Waals surface area (Å²) in [6.07, 6.45) is 6.70. The molecule has 130 valence electrons. The van der Waals surface area contributed by atoms with E-state index in [0.29, 0.717) is 17.0 Å². The molecule has 0 saturated heterocycles. The van der Waals surface area contributed by atoms with E-state index in [1.165, 1.54) is 6.08 Å². The van der Waals surface area contributed by atoms with E-state index in [1.54, 1.807) is 24.3 Å². The van der Waals surface area contributed by atoms with Crippen molar-refractivity contribution in [1.29, 1.82) is 5.26 Å². The van der Waals surface area contributed by atoms with Crippen molar-refractivity contribution in [1.82, 2.24) is 0 Å². The van der Waals surface area contributed by atoms with Crippen LogP contribution in [0.5, 0.6) is 5.75 Å². The summed E-state index contributed by atoms with van der Waals surface area (Å²) in [6, 6.07) is 12.8. The fourth-order valence-corrected chi connectivity index (χ4v) is 2.58. The van der Waals surface area contributed by atoms with Crippen molar-refractivity contribution < 1.29 is 9.53 Å². The van der Waals surface area contributed by atoms with Crippen molar-refractivity contribution in [3.05, 3.63) is 63.1 Å². The minimum absolute atomic E-state index is 0.0353. The Bertz CT molecular complexity index is 949. The van der Waals surface area contributed by atoms with Gasteiger partial charge >= 0.3 is 0 Å². The van der Waals surface area contributed by atoms with Crippen molar-refractivity contribution >= 4 is 33.6 Å². The number of rotatable bonds is 5. The van der Waals surface area contributed by atoms with Gasteiger partial charge in [-0.1, -0.05) is 27.9 Å². The first kappa shape index (κ1) is 19.3. The second-order valence-electron chi connectivity index (χ2n) is 5.60. The highest BCUT2D eigenvalue weighted by molar-refractivity contribution is 9.10. The van der Waals surface area contributed by atoms with E-state index in [2.05, 4.69) is 27.2 Å². The van der Waals surface area contributed by atoms with Crippen LogP contribution in [0.25, 0.3) is 6.08 Å². The summed E-state index contributed by atoms with van der Waals surface area (Å²) in [4.78, 5) is 12.5. The van der Waals surface area contributed by atoms with Gasteiger partial charge in [-0.15, -0.1) is 6.42 Å². The van der Waals surface area contributed by atoms with Crippen LogP contribution in [0, 0.1) is 37.5 Å². The van der Waals surface area contributed by atoms with Crippen LogP contribution in [-0.4, -0.2) is 12.5 Å². The van der Waals surface area contributed by atoms with Crippen molar-refractivity contribution in [3.8, 4) is 24.2 Å². The van der Waals surface area contributed by atoms with Crippen molar-refractivity contribution in [2.45, 2.75) is 13.8 Å². The molecule has 0 fully saturated rings. The minimum Gasteiger partial charge on any atom is -0.480 e. The second kappa shape index (κ2) is 8.89. The number of terminal acetylenes is 1. The third-order valence-electron chi connectivity index (χ3n) is 3.71. The van der Waals surface area contributed by atoms with Crippen LogP contribution in [0.3, 0.4) is 0 Å². The Balaban J connectivity index is 2.31. The lowest BCUT2D eigenvalue weighted by molar-refractivity contribution is -0.112. The first-order chi connectivity index (χ1) is 12.4. The van der Waals surface area contributed by atoms with Crippen molar-refractivity contribution in [3.63, 3.8) is 0 Å². The molecule has 2 aromatic carbocycles. The predicted octanol–water partition coefficient (Wildman–Crippen LogP) is 4.62. The van der Waals surface area contributed by atoms with E-state index in [0.717, 1.165) is 15.6 Å². The van der Waals surface area contributed by atoms with Gasteiger partial charge in [0.05, 0.1) is 0 Å². The molecule has 0 aromatic heterocycles. The van der Waals surface area contributed by atoms with Crippen LogP contribution in [0.15, 0.2) is 46.4 Å². The van der Waals surface area contributed by atoms with Gasteiger partial charge in [-0.2, -0.15) is 5.26 Å². The van der Waals surface area contributed by atoms with E-state index in [9.17, 15) is 10.1 Å². The molecule has 0 atom stereocenters. The third kappa shape index (κ3) is 4.99. The van der Waals surface area contributed by atoms with Gasteiger partial charge in [-0.05, 0) is 61.4 Å². The molecule has 0 aliphatic heterocycles. The standard InChI is InChI=1S/C21H17BrN2O2/c1-4-9-26-20-8-6-18(22)12-16(20)11-17(13-23)21(25)24-19-7-5-14(2)15(3)10-19/h1,5-8,10-12H,9H2,2-3H3,(H,24,25)/b17-11+. The van der Waals surface area contributed by atoms with E-state index in [-0.39, 0.29) is 12.2 Å². The van der Waals surface area contributed by atoms with Gasteiger partial charge in [-0.25, -0.2) is 0 Å². The average Bonchev–Trinajstić information content (AvgIpc) is 2.62. The van der Waals surface area contributed by atoms with E-state index < -0.39 is 5.91 Å². The molecule has 0 unspecified atom stereocenters. The Labute approximate surface area is 161 Å². The molecular weight excluding hydrogens is 392 g/mol. The lowest BCUT2D eigenvalue weighted by Crippen LogP contribution is -2.13. The summed E-state index contributed by atoms with van der Waals surface area (Å²) in [6.45, 7) is 4.05. The summed E-state index contributed by atoms with van der Waals surface area (Å²) in [5.74, 6) is 2.40. The first-order valence-electron chi connectivity index (χ1n) is 7.81. The Kier molecular flexibility index (Phi) is 6.60. The van der Waals surface area contributed by atoms with Gasteiger partial charge in [0.2, 0.25) is 0 Å². The van der Waals surface area contributed by atoms with Crippen LogP contribution in [0.4, 0.5) is 5.69 Å². The van der Waals surface area contributed by atoms with E-state index in [1.807, 2.05) is 32.0 Å². The number of benzene rings is 2. The second-order valence-corrected chi connectivity index (χ2v) is 6.51. The van der Waals surface area contributed by atoms with Gasteiger partial charge in [-0.3, -0.25) is 4.79 Å². The molecule has 0 spiro atoms. The topological polar surface area (TPSA) is 62.1 Å². The Morgan fingerprint density at radius 3 is 2.69 bits per heavy atom. The smallest absolute Gasteiger partial charge is 0.266 e. The lowest BCUT2D eigenvalue weighted by Gasteiger charge is -2.09. The quantitative estimate of drug-likeness (QED) is 0.445. The number of ether oxygens (including phenoxy) is 1. The molecule has 4 nitrogen and oxygen atoms in total. The molecule has 0 aliphatic rings. The van der Waals surface area contributed by atoms with Gasteiger partial charge in [0.25, 0.3) is 5.91 Å². The highest BCUT2D eigenvalue weighted by Gasteiger charge is 2.12. The number of carbonyl (C=O) groups is 1. The van der Waals surface area contributed by atoms with Gasteiger partial charge < -0.3 is 10.1 Å². The molecule has 0 aliphatic carbocycles. The molecule has 0 heterocycles. The van der Waals surface area contributed by atoms with Crippen LogP contribution in [0.1, 0.15) is 16.7 Å². The number of amides is 1. The number of hydrogen-bond acceptors (Lipinski definition) is 3. The van der Waals surface area contributed by atoms with Crippen molar-refractivity contribution in [2.75, 3.05) is 11.9 Å². The molecule has 0 saturated carbocycles. The van der Waals surface area contributed by atoms with Crippen LogP contribution in [-0.2, 0) is 4.79 Å². The first-order valence-corrected chi connectivity index (χ1v) is 8.60. The monoisotopic (exact) mass is 408 g/mol.